The summed E-state index contributed by atoms with van der Waals surface area (Å²) in [5, 5.41) is 8.59. The zero-order chi connectivity index (χ0) is 14.8. The van der Waals surface area contributed by atoms with Crippen molar-refractivity contribution < 1.29 is 8.94 Å². The standard InChI is InChI=1S/C17H20N2O2/c1-4-13-14-7-5-6-8-15(14)20-17(13)16-9-12(19-21-16)10-18-11(2)3/h5-9,11,18H,4,10H2,1-3H3. The van der Waals surface area contributed by atoms with Crippen LogP contribution in [0.1, 0.15) is 32.0 Å². The van der Waals surface area contributed by atoms with Gasteiger partial charge in [-0.05, 0) is 12.5 Å². The van der Waals surface area contributed by atoms with Crippen molar-refractivity contribution in [2.24, 2.45) is 0 Å². The molecule has 3 rings (SSSR count). The summed E-state index contributed by atoms with van der Waals surface area (Å²) >= 11 is 0. The molecule has 0 amide bonds. The lowest BCUT2D eigenvalue weighted by Crippen LogP contribution is -2.21. The Bertz CT molecular complexity index is 740. The molecule has 0 aliphatic rings. The molecular weight excluding hydrogens is 264 g/mol. The number of nitrogens with zero attached hydrogens (tertiary/aromatic N) is 1. The molecular formula is C17H20N2O2. The van der Waals surface area contributed by atoms with Gasteiger partial charge in [-0.25, -0.2) is 0 Å². The van der Waals surface area contributed by atoms with E-state index >= 15 is 0 Å². The first kappa shape index (κ1) is 13.9. The van der Waals surface area contributed by atoms with Gasteiger partial charge in [0.05, 0.1) is 5.69 Å². The minimum absolute atomic E-state index is 0.419. The van der Waals surface area contributed by atoms with Gasteiger partial charge >= 0.3 is 0 Å². The highest BCUT2D eigenvalue weighted by atomic mass is 16.5. The molecule has 0 bridgehead atoms. The molecule has 0 radical (unpaired) electrons. The Balaban J connectivity index is 1.96. The second kappa shape index (κ2) is 5.74. The van der Waals surface area contributed by atoms with Crippen molar-refractivity contribution in [1.82, 2.24) is 10.5 Å². The summed E-state index contributed by atoms with van der Waals surface area (Å²) in [6.07, 6.45) is 0.895. The molecule has 4 heteroatoms. The molecule has 0 aliphatic carbocycles. The van der Waals surface area contributed by atoms with Gasteiger partial charge in [0.15, 0.2) is 5.76 Å². The van der Waals surface area contributed by atoms with Crippen molar-refractivity contribution in [3.05, 3.63) is 41.6 Å². The Hall–Kier alpha value is -2.07. The molecule has 0 aliphatic heterocycles. The number of nitrogens with one attached hydrogen (secondary N) is 1. The number of para-hydroxylation sites is 1. The smallest absolute Gasteiger partial charge is 0.202 e. The van der Waals surface area contributed by atoms with Crippen LogP contribution in [0.5, 0.6) is 0 Å². The van der Waals surface area contributed by atoms with E-state index in [2.05, 4.69) is 37.3 Å². The SMILES string of the molecule is CCc1c(-c2cc(CNC(C)C)no2)oc2ccccc12. The van der Waals surface area contributed by atoms with Gasteiger partial charge in [-0.2, -0.15) is 0 Å². The largest absolute Gasteiger partial charge is 0.452 e. The summed E-state index contributed by atoms with van der Waals surface area (Å²) in [4.78, 5) is 0. The number of fused-ring (bicyclic) bond motifs is 1. The molecule has 3 aromatic rings. The maximum atomic E-state index is 5.96. The molecule has 1 aromatic carbocycles. The highest BCUT2D eigenvalue weighted by Gasteiger charge is 2.18. The van der Waals surface area contributed by atoms with Crippen LogP contribution in [0.2, 0.25) is 0 Å². The summed E-state index contributed by atoms with van der Waals surface area (Å²) in [6, 6.07) is 10.4. The van der Waals surface area contributed by atoms with Gasteiger partial charge in [-0.1, -0.05) is 44.1 Å². The van der Waals surface area contributed by atoms with E-state index in [0.717, 1.165) is 28.8 Å². The fourth-order valence-corrected chi connectivity index (χ4v) is 2.46. The minimum atomic E-state index is 0.419. The molecule has 110 valence electrons. The van der Waals surface area contributed by atoms with Crippen LogP contribution in [0, 0.1) is 0 Å². The van der Waals surface area contributed by atoms with Gasteiger partial charge < -0.3 is 14.3 Å². The van der Waals surface area contributed by atoms with Crippen LogP contribution in [0.4, 0.5) is 0 Å². The molecule has 2 aromatic heterocycles. The molecule has 1 N–H and O–H groups in total. The maximum absolute atomic E-state index is 5.96. The lowest BCUT2D eigenvalue weighted by molar-refractivity contribution is 0.407. The first-order valence-corrected chi connectivity index (χ1v) is 7.38. The maximum Gasteiger partial charge on any atom is 0.202 e. The highest BCUT2D eigenvalue weighted by Crippen LogP contribution is 2.34. The molecule has 0 saturated heterocycles. The van der Waals surface area contributed by atoms with E-state index in [-0.39, 0.29) is 0 Å². The van der Waals surface area contributed by atoms with Crippen molar-refractivity contribution in [3.8, 4) is 11.5 Å². The summed E-state index contributed by atoms with van der Waals surface area (Å²) in [6.45, 7) is 7.03. The van der Waals surface area contributed by atoms with Gasteiger partial charge in [0.25, 0.3) is 0 Å². The van der Waals surface area contributed by atoms with E-state index < -0.39 is 0 Å². The van der Waals surface area contributed by atoms with Crippen molar-refractivity contribution in [2.45, 2.75) is 39.8 Å². The Morgan fingerprint density at radius 1 is 1.24 bits per heavy atom. The monoisotopic (exact) mass is 284 g/mol. The second-order valence-corrected chi connectivity index (χ2v) is 5.48. The van der Waals surface area contributed by atoms with Crippen LogP contribution in [0.25, 0.3) is 22.5 Å². The van der Waals surface area contributed by atoms with E-state index in [4.69, 9.17) is 8.94 Å². The number of benzene rings is 1. The predicted octanol–water partition coefficient (Wildman–Crippen LogP) is 4.15. The van der Waals surface area contributed by atoms with E-state index in [1.165, 1.54) is 5.56 Å². The number of aryl methyl sites for hydroxylation is 1. The molecule has 21 heavy (non-hydrogen) atoms. The lowest BCUT2D eigenvalue weighted by Gasteiger charge is -2.03. The van der Waals surface area contributed by atoms with Crippen LogP contribution in [-0.4, -0.2) is 11.2 Å². The number of aromatic nitrogens is 1. The molecule has 0 atom stereocenters. The summed E-state index contributed by atoms with van der Waals surface area (Å²) in [5.74, 6) is 1.49. The fraction of sp³-hybridized carbons (Fsp3) is 0.353. The van der Waals surface area contributed by atoms with Crippen molar-refractivity contribution in [1.29, 1.82) is 0 Å². The van der Waals surface area contributed by atoms with Crippen LogP contribution in [0.3, 0.4) is 0 Å². The average Bonchev–Trinajstić information content (AvgIpc) is 3.08. The third-order valence-electron chi connectivity index (χ3n) is 3.53. The van der Waals surface area contributed by atoms with Crippen molar-refractivity contribution in [2.75, 3.05) is 0 Å². The fourth-order valence-electron chi connectivity index (χ4n) is 2.46. The Labute approximate surface area is 124 Å². The minimum Gasteiger partial charge on any atom is -0.452 e. The lowest BCUT2D eigenvalue weighted by atomic mass is 10.1. The molecule has 0 saturated carbocycles. The van der Waals surface area contributed by atoms with E-state index in [9.17, 15) is 0 Å². The average molecular weight is 284 g/mol. The van der Waals surface area contributed by atoms with Crippen LogP contribution < -0.4 is 5.32 Å². The number of hydrogen-bond acceptors (Lipinski definition) is 4. The van der Waals surface area contributed by atoms with Crippen LogP contribution in [-0.2, 0) is 13.0 Å². The third kappa shape index (κ3) is 2.72. The first-order chi connectivity index (χ1) is 10.2. The molecule has 0 fully saturated rings. The molecule has 0 spiro atoms. The number of hydrogen-bond donors (Lipinski definition) is 1. The second-order valence-electron chi connectivity index (χ2n) is 5.48. The van der Waals surface area contributed by atoms with Gasteiger partial charge in [-0.15, -0.1) is 0 Å². The zero-order valence-electron chi connectivity index (χ0n) is 12.6. The predicted molar refractivity (Wildman–Crippen MR) is 83.1 cm³/mol. The Morgan fingerprint density at radius 2 is 2.05 bits per heavy atom. The Morgan fingerprint density at radius 3 is 2.81 bits per heavy atom. The van der Waals surface area contributed by atoms with Crippen LogP contribution >= 0.6 is 0 Å². The Kier molecular flexibility index (Phi) is 3.80. The first-order valence-electron chi connectivity index (χ1n) is 7.38. The van der Waals surface area contributed by atoms with Gasteiger partial charge in [0.1, 0.15) is 5.58 Å². The van der Waals surface area contributed by atoms with Crippen molar-refractivity contribution >= 4 is 11.0 Å². The van der Waals surface area contributed by atoms with E-state index in [1.807, 2.05) is 24.3 Å². The van der Waals surface area contributed by atoms with E-state index in [0.29, 0.717) is 18.3 Å². The zero-order valence-corrected chi connectivity index (χ0v) is 12.6. The van der Waals surface area contributed by atoms with Crippen molar-refractivity contribution in [3.63, 3.8) is 0 Å². The van der Waals surface area contributed by atoms with Gasteiger partial charge in [0.2, 0.25) is 5.76 Å². The molecule has 4 nitrogen and oxygen atoms in total. The molecule has 2 heterocycles. The normalized spacial score (nSPS) is 11.6. The third-order valence-corrected chi connectivity index (χ3v) is 3.53. The number of furan rings is 1. The van der Waals surface area contributed by atoms with E-state index in [1.54, 1.807) is 0 Å². The quantitative estimate of drug-likeness (QED) is 0.764. The van der Waals surface area contributed by atoms with Gasteiger partial charge in [-0.3, -0.25) is 0 Å². The van der Waals surface area contributed by atoms with Gasteiger partial charge in [0, 0.05) is 29.6 Å². The summed E-state index contributed by atoms with van der Waals surface area (Å²) < 4.78 is 11.4. The molecule has 0 unspecified atom stereocenters. The topological polar surface area (TPSA) is 51.2 Å². The summed E-state index contributed by atoms with van der Waals surface area (Å²) in [5.41, 5.74) is 2.95. The summed E-state index contributed by atoms with van der Waals surface area (Å²) in [7, 11) is 0. The van der Waals surface area contributed by atoms with Crippen LogP contribution in [0.15, 0.2) is 39.3 Å². The number of rotatable bonds is 5. The highest BCUT2D eigenvalue weighted by molar-refractivity contribution is 5.87.